The third kappa shape index (κ3) is 3.92. The van der Waals surface area contributed by atoms with E-state index in [1.807, 2.05) is 28.9 Å². The van der Waals surface area contributed by atoms with E-state index in [2.05, 4.69) is 12.0 Å². The molecule has 0 saturated heterocycles. The zero-order valence-electron chi connectivity index (χ0n) is 11.2. The Morgan fingerprint density at radius 2 is 2.00 bits per heavy atom. The van der Waals surface area contributed by atoms with Crippen LogP contribution in [0.25, 0.3) is 0 Å². The van der Waals surface area contributed by atoms with Crippen LogP contribution in [0.1, 0.15) is 25.1 Å². The molecular formula is C14H17Cl2N3S. The molecule has 3 nitrogen and oxygen atoms in total. The first-order chi connectivity index (χ1) is 9.61. The molecule has 2 rings (SSSR count). The van der Waals surface area contributed by atoms with Gasteiger partial charge in [-0.25, -0.2) is 0 Å². The van der Waals surface area contributed by atoms with E-state index in [9.17, 15) is 0 Å². The highest BCUT2D eigenvalue weighted by molar-refractivity contribution is 7.99. The Balaban J connectivity index is 2.02. The molecule has 1 unspecified atom stereocenters. The molecule has 0 aliphatic heterocycles. The van der Waals surface area contributed by atoms with E-state index in [4.69, 9.17) is 28.9 Å². The summed E-state index contributed by atoms with van der Waals surface area (Å²) in [5, 5.41) is 5.65. The summed E-state index contributed by atoms with van der Waals surface area (Å²) in [5.41, 5.74) is 7.17. The van der Waals surface area contributed by atoms with Gasteiger partial charge in [-0.2, -0.15) is 5.10 Å². The SMILES string of the molecule is CCCn1ncc(Cl)c1C(N)CSc1ccc(Cl)cc1. The highest BCUT2D eigenvalue weighted by Gasteiger charge is 2.16. The van der Waals surface area contributed by atoms with Crippen molar-refractivity contribution in [2.45, 2.75) is 30.8 Å². The van der Waals surface area contributed by atoms with Crippen LogP contribution in [0.15, 0.2) is 35.4 Å². The maximum Gasteiger partial charge on any atom is 0.0834 e. The van der Waals surface area contributed by atoms with E-state index in [0.29, 0.717) is 5.02 Å². The summed E-state index contributed by atoms with van der Waals surface area (Å²) in [5.74, 6) is 0.747. The van der Waals surface area contributed by atoms with Gasteiger partial charge in [0.1, 0.15) is 0 Å². The molecular weight excluding hydrogens is 313 g/mol. The second-order valence-corrected chi connectivity index (χ2v) is 6.41. The second kappa shape index (κ2) is 7.36. The predicted molar refractivity (Wildman–Crippen MR) is 86.6 cm³/mol. The molecule has 2 aromatic rings. The molecule has 0 spiro atoms. The van der Waals surface area contributed by atoms with Crippen LogP contribution >= 0.6 is 35.0 Å². The van der Waals surface area contributed by atoms with Crippen LogP contribution < -0.4 is 5.73 Å². The first kappa shape index (κ1) is 15.7. The van der Waals surface area contributed by atoms with Gasteiger partial charge in [-0.15, -0.1) is 11.8 Å². The zero-order valence-corrected chi connectivity index (χ0v) is 13.5. The van der Waals surface area contributed by atoms with E-state index in [1.165, 1.54) is 0 Å². The van der Waals surface area contributed by atoms with Crippen molar-refractivity contribution in [3.05, 3.63) is 46.2 Å². The fourth-order valence-corrected chi connectivity index (χ4v) is 3.19. The Morgan fingerprint density at radius 3 is 2.65 bits per heavy atom. The van der Waals surface area contributed by atoms with E-state index < -0.39 is 0 Å². The maximum atomic E-state index is 6.26. The Hall–Kier alpha value is -0.680. The van der Waals surface area contributed by atoms with Crippen molar-refractivity contribution in [3.63, 3.8) is 0 Å². The lowest BCUT2D eigenvalue weighted by atomic mass is 10.2. The van der Waals surface area contributed by atoms with E-state index in [-0.39, 0.29) is 6.04 Å². The van der Waals surface area contributed by atoms with E-state index in [1.54, 1.807) is 18.0 Å². The number of rotatable bonds is 6. The molecule has 0 saturated carbocycles. The van der Waals surface area contributed by atoms with Gasteiger partial charge in [-0.05, 0) is 30.7 Å². The van der Waals surface area contributed by atoms with Crippen molar-refractivity contribution in [1.29, 1.82) is 0 Å². The molecule has 20 heavy (non-hydrogen) atoms. The number of nitrogens with zero attached hydrogens (tertiary/aromatic N) is 2. The number of nitrogens with two attached hydrogens (primary N) is 1. The fourth-order valence-electron chi connectivity index (χ4n) is 1.93. The lowest BCUT2D eigenvalue weighted by molar-refractivity contribution is 0.554. The van der Waals surface area contributed by atoms with Crippen molar-refractivity contribution in [1.82, 2.24) is 9.78 Å². The number of halogens is 2. The number of aromatic nitrogens is 2. The number of aryl methyl sites for hydroxylation is 1. The molecule has 0 bridgehead atoms. The molecule has 2 N–H and O–H groups in total. The molecule has 0 amide bonds. The van der Waals surface area contributed by atoms with Crippen LogP contribution in [-0.4, -0.2) is 15.5 Å². The quantitative estimate of drug-likeness (QED) is 0.799. The minimum absolute atomic E-state index is 0.141. The summed E-state index contributed by atoms with van der Waals surface area (Å²) in [7, 11) is 0. The molecule has 1 heterocycles. The summed E-state index contributed by atoms with van der Waals surface area (Å²) in [4.78, 5) is 1.14. The minimum atomic E-state index is -0.141. The molecule has 0 fully saturated rings. The van der Waals surface area contributed by atoms with E-state index in [0.717, 1.165) is 34.3 Å². The van der Waals surface area contributed by atoms with Gasteiger partial charge in [0, 0.05) is 22.2 Å². The normalized spacial score (nSPS) is 12.6. The number of hydrogen-bond acceptors (Lipinski definition) is 3. The summed E-state index contributed by atoms with van der Waals surface area (Å²) < 4.78 is 1.90. The summed E-state index contributed by atoms with van der Waals surface area (Å²) in [6.07, 6.45) is 2.67. The summed E-state index contributed by atoms with van der Waals surface area (Å²) in [6.45, 7) is 2.94. The Labute approximate surface area is 133 Å². The first-order valence-corrected chi connectivity index (χ1v) is 8.21. The molecule has 108 valence electrons. The third-order valence-electron chi connectivity index (χ3n) is 2.86. The van der Waals surface area contributed by atoms with Crippen LogP contribution in [0.5, 0.6) is 0 Å². The average molecular weight is 330 g/mol. The van der Waals surface area contributed by atoms with Gasteiger partial charge in [-0.1, -0.05) is 30.1 Å². The standard InChI is InChI=1S/C14H17Cl2N3S/c1-2-7-19-14(12(16)8-18-19)13(17)9-20-11-5-3-10(15)4-6-11/h3-6,8,13H,2,7,9,17H2,1H3. The van der Waals surface area contributed by atoms with Crippen LogP contribution in [0, 0.1) is 0 Å². The summed E-state index contributed by atoms with van der Waals surface area (Å²) in [6, 6.07) is 7.60. The molecule has 0 radical (unpaired) electrons. The van der Waals surface area contributed by atoms with Crippen LogP contribution in [-0.2, 0) is 6.54 Å². The first-order valence-electron chi connectivity index (χ1n) is 6.47. The molecule has 1 atom stereocenters. The van der Waals surface area contributed by atoms with Crippen molar-refractivity contribution >= 4 is 35.0 Å². The largest absolute Gasteiger partial charge is 0.322 e. The van der Waals surface area contributed by atoms with Crippen LogP contribution in [0.4, 0.5) is 0 Å². The van der Waals surface area contributed by atoms with E-state index >= 15 is 0 Å². The van der Waals surface area contributed by atoms with Gasteiger partial charge in [0.15, 0.2) is 0 Å². The van der Waals surface area contributed by atoms with Crippen LogP contribution in [0.2, 0.25) is 10.0 Å². The second-order valence-electron chi connectivity index (χ2n) is 4.47. The smallest absolute Gasteiger partial charge is 0.0834 e. The molecule has 0 aliphatic rings. The number of hydrogen-bond donors (Lipinski definition) is 1. The minimum Gasteiger partial charge on any atom is -0.322 e. The lowest BCUT2D eigenvalue weighted by Crippen LogP contribution is -2.19. The van der Waals surface area contributed by atoms with Gasteiger partial charge < -0.3 is 5.73 Å². The topological polar surface area (TPSA) is 43.8 Å². The van der Waals surface area contributed by atoms with Gasteiger partial charge in [0.05, 0.1) is 23.0 Å². The van der Waals surface area contributed by atoms with Crippen molar-refractivity contribution in [3.8, 4) is 0 Å². The van der Waals surface area contributed by atoms with Crippen molar-refractivity contribution in [2.24, 2.45) is 5.73 Å². The van der Waals surface area contributed by atoms with Gasteiger partial charge in [0.2, 0.25) is 0 Å². The molecule has 0 aliphatic carbocycles. The number of thioether (sulfide) groups is 1. The predicted octanol–water partition coefficient (Wildman–Crippen LogP) is 4.39. The number of benzene rings is 1. The van der Waals surface area contributed by atoms with Gasteiger partial charge in [-0.3, -0.25) is 4.68 Å². The fraction of sp³-hybridized carbons (Fsp3) is 0.357. The lowest BCUT2D eigenvalue weighted by Gasteiger charge is -2.14. The summed E-state index contributed by atoms with van der Waals surface area (Å²) >= 11 is 13.7. The average Bonchev–Trinajstić information content (AvgIpc) is 2.79. The van der Waals surface area contributed by atoms with Crippen molar-refractivity contribution in [2.75, 3.05) is 5.75 Å². The Morgan fingerprint density at radius 1 is 1.30 bits per heavy atom. The Bertz CT molecular complexity index is 554. The van der Waals surface area contributed by atoms with Gasteiger partial charge in [0.25, 0.3) is 0 Å². The van der Waals surface area contributed by atoms with Crippen molar-refractivity contribution < 1.29 is 0 Å². The monoisotopic (exact) mass is 329 g/mol. The van der Waals surface area contributed by atoms with Crippen LogP contribution in [0.3, 0.4) is 0 Å². The molecule has 1 aromatic heterocycles. The third-order valence-corrected chi connectivity index (χ3v) is 4.54. The highest BCUT2D eigenvalue weighted by Crippen LogP contribution is 2.28. The maximum absolute atomic E-state index is 6.26. The molecule has 1 aromatic carbocycles. The highest BCUT2D eigenvalue weighted by atomic mass is 35.5. The molecule has 6 heteroatoms. The van der Waals surface area contributed by atoms with Gasteiger partial charge >= 0.3 is 0 Å². The zero-order chi connectivity index (χ0) is 14.5. The Kier molecular flexibility index (Phi) is 5.78.